The van der Waals surface area contributed by atoms with Crippen LogP contribution in [0.3, 0.4) is 0 Å². The summed E-state index contributed by atoms with van der Waals surface area (Å²) in [4.78, 5) is 4.89. The van der Waals surface area contributed by atoms with E-state index < -0.39 is 0 Å². The van der Waals surface area contributed by atoms with Crippen molar-refractivity contribution in [1.29, 1.82) is 0 Å². The first-order valence-corrected chi connectivity index (χ1v) is 5.30. The van der Waals surface area contributed by atoms with Crippen molar-refractivity contribution in [1.82, 2.24) is 0 Å². The molecule has 76 valence electrons. The first-order valence-electron chi connectivity index (χ1n) is 4.49. The minimum atomic E-state index is 0.0904. The summed E-state index contributed by atoms with van der Waals surface area (Å²) < 4.78 is 4.85. The van der Waals surface area contributed by atoms with Crippen LogP contribution in [-0.4, -0.2) is 6.10 Å². The van der Waals surface area contributed by atoms with Crippen molar-refractivity contribution in [3.63, 3.8) is 0 Å². The van der Waals surface area contributed by atoms with Crippen LogP contribution < -0.4 is 0 Å². The standard InChI is InChI=1S/C11H14O2S/c1-10(2)12-13-14-9-8-11-6-4-3-5-7-11/h3-10H,1-2H3/b9-8-. The van der Waals surface area contributed by atoms with Gasteiger partial charge in [0.2, 0.25) is 0 Å². The fourth-order valence-corrected chi connectivity index (χ4v) is 1.25. The van der Waals surface area contributed by atoms with Crippen molar-refractivity contribution < 1.29 is 9.22 Å². The zero-order chi connectivity index (χ0) is 10.2. The first-order chi connectivity index (χ1) is 6.79. The summed E-state index contributed by atoms with van der Waals surface area (Å²) in [5.74, 6) is 0. The Labute approximate surface area is 89.1 Å². The third-order valence-electron chi connectivity index (χ3n) is 1.39. The number of rotatable bonds is 5. The van der Waals surface area contributed by atoms with E-state index >= 15 is 0 Å². The highest BCUT2D eigenvalue weighted by Crippen LogP contribution is 2.10. The van der Waals surface area contributed by atoms with Gasteiger partial charge >= 0.3 is 0 Å². The van der Waals surface area contributed by atoms with Gasteiger partial charge in [0, 0.05) is 5.41 Å². The van der Waals surface area contributed by atoms with Crippen LogP contribution in [0.25, 0.3) is 6.08 Å². The molecule has 0 spiro atoms. The highest BCUT2D eigenvalue weighted by atomic mass is 32.2. The zero-order valence-corrected chi connectivity index (χ0v) is 9.16. The molecule has 0 aromatic heterocycles. The fraction of sp³-hybridized carbons (Fsp3) is 0.273. The van der Waals surface area contributed by atoms with E-state index in [1.54, 1.807) is 0 Å². The molecule has 0 fully saturated rings. The third-order valence-corrected chi connectivity index (χ3v) is 1.79. The van der Waals surface area contributed by atoms with E-state index in [-0.39, 0.29) is 6.10 Å². The summed E-state index contributed by atoms with van der Waals surface area (Å²) in [5.41, 5.74) is 1.15. The zero-order valence-electron chi connectivity index (χ0n) is 8.34. The number of hydrogen-bond donors (Lipinski definition) is 0. The minimum Gasteiger partial charge on any atom is -0.221 e. The lowest BCUT2D eigenvalue weighted by molar-refractivity contribution is -0.219. The Kier molecular flexibility index (Phi) is 5.37. The average molecular weight is 210 g/mol. The van der Waals surface area contributed by atoms with Gasteiger partial charge in [-0.25, -0.2) is 4.89 Å². The monoisotopic (exact) mass is 210 g/mol. The Morgan fingerprint density at radius 2 is 1.93 bits per heavy atom. The van der Waals surface area contributed by atoms with E-state index in [1.165, 1.54) is 12.0 Å². The molecule has 1 aromatic carbocycles. The summed E-state index contributed by atoms with van der Waals surface area (Å²) in [5, 5.41) is 1.84. The minimum absolute atomic E-state index is 0.0904. The summed E-state index contributed by atoms with van der Waals surface area (Å²) in [6.45, 7) is 3.84. The van der Waals surface area contributed by atoms with Gasteiger partial charge in [-0.3, -0.25) is 0 Å². The Morgan fingerprint density at radius 1 is 1.21 bits per heavy atom. The normalized spacial score (nSPS) is 11.4. The quantitative estimate of drug-likeness (QED) is 0.320. The molecule has 0 amide bonds. The molecule has 0 N–H and O–H groups in total. The molecular formula is C11H14O2S. The van der Waals surface area contributed by atoms with Crippen molar-refractivity contribution in [2.24, 2.45) is 0 Å². The third kappa shape index (κ3) is 5.07. The lowest BCUT2D eigenvalue weighted by atomic mass is 10.2. The number of benzene rings is 1. The molecule has 0 unspecified atom stereocenters. The molecule has 0 saturated heterocycles. The maximum absolute atomic E-state index is 4.89. The average Bonchev–Trinajstić information content (AvgIpc) is 2.18. The number of hydrogen-bond acceptors (Lipinski definition) is 3. The van der Waals surface area contributed by atoms with E-state index in [0.29, 0.717) is 0 Å². The maximum Gasteiger partial charge on any atom is 0.0886 e. The van der Waals surface area contributed by atoms with Crippen molar-refractivity contribution in [2.45, 2.75) is 20.0 Å². The predicted octanol–water partition coefficient (Wildman–Crippen LogP) is 3.66. The van der Waals surface area contributed by atoms with Crippen LogP contribution in [0.1, 0.15) is 19.4 Å². The highest BCUT2D eigenvalue weighted by Gasteiger charge is 1.91. The molecule has 0 atom stereocenters. The molecule has 0 aliphatic heterocycles. The van der Waals surface area contributed by atoms with Gasteiger partial charge in [0.05, 0.1) is 18.1 Å². The molecule has 0 heterocycles. The molecule has 3 heteroatoms. The van der Waals surface area contributed by atoms with Crippen LogP contribution in [-0.2, 0) is 9.22 Å². The van der Waals surface area contributed by atoms with Gasteiger partial charge in [0.15, 0.2) is 0 Å². The van der Waals surface area contributed by atoms with Crippen molar-refractivity contribution >= 4 is 18.1 Å². The summed E-state index contributed by atoms with van der Waals surface area (Å²) in [6.07, 6.45) is 2.06. The van der Waals surface area contributed by atoms with Crippen LogP contribution in [0.2, 0.25) is 0 Å². The second-order valence-electron chi connectivity index (χ2n) is 3.02. The first kappa shape index (κ1) is 11.3. The van der Waals surface area contributed by atoms with Crippen LogP contribution in [0.15, 0.2) is 35.7 Å². The Hall–Kier alpha value is -0.770. The van der Waals surface area contributed by atoms with E-state index in [4.69, 9.17) is 9.22 Å². The van der Waals surface area contributed by atoms with E-state index in [2.05, 4.69) is 0 Å². The van der Waals surface area contributed by atoms with E-state index in [9.17, 15) is 0 Å². The van der Waals surface area contributed by atoms with Crippen molar-refractivity contribution in [3.05, 3.63) is 41.3 Å². The van der Waals surface area contributed by atoms with Gasteiger partial charge in [-0.1, -0.05) is 30.3 Å². The van der Waals surface area contributed by atoms with Gasteiger partial charge in [-0.15, -0.1) is 0 Å². The second-order valence-corrected chi connectivity index (χ2v) is 3.62. The van der Waals surface area contributed by atoms with Gasteiger partial charge in [-0.05, 0) is 25.5 Å². The van der Waals surface area contributed by atoms with Crippen LogP contribution >= 0.6 is 12.0 Å². The van der Waals surface area contributed by atoms with Gasteiger partial charge in [0.1, 0.15) is 0 Å². The lowest BCUT2D eigenvalue weighted by Crippen LogP contribution is -1.98. The van der Waals surface area contributed by atoms with E-state index in [1.807, 2.05) is 55.7 Å². The lowest BCUT2D eigenvalue weighted by Gasteiger charge is -2.01. The molecule has 14 heavy (non-hydrogen) atoms. The largest absolute Gasteiger partial charge is 0.221 e. The summed E-state index contributed by atoms with van der Waals surface area (Å²) in [6, 6.07) is 10.0. The Balaban J connectivity index is 2.21. The molecule has 0 bridgehead atoms. The highest BCUT2D eigenvalue weighted by molar-refractivity contribution is 7.97. The molecule has 0 aliphatic rings. The summed E-state index contributed by atoms with van der Waals surface area (Å²) in [7, 11) is 0. The van der Waals surface area contributed by atoms with Crippen LogP contribution in [0.4, 0.5) is 0 Å². The molecule has 0 aliphatic carbocycles. The predicted molar refractivity (Wildman–Crippen MR) is 60.4 cm³/mol. The van der Waals surface area contributed by atoms with Crippen LogP contribution in [0, 0.1) is 0 Å². The topological polar surface area (TPSA) is 18.5 Å². The Bertz CT molecular complexity index is 270. The molecule has 2 nitrogen and oxygen atoms in total. The maximum atomic E-state index is 4.89. The van der Waals surface area contributed by atoms with Gasteiger partial charge in [-0.2, -0.15) is 4.33 Å². The van der Waals surface area contributed by atoms with Gasteiger partial charge < -0.3 is 0 Å². The molecule has 0 radical (unpaired) electrons. The second kappa shape index (κ2) is 6.65. The molecular weight excluding hydrogens is 196 g/mol. The van der Waals surface area contributed by atoms with Gasteiger partial charge in [0.25, 0.3) is 0 Å². The van der Waals surface area contributed by atoms with Crippen molar-refractivity contribution in [3.8, 4) is 0 Å². The molecule has 1 rings (SSSR count). The van der Waals surface area contributed by atoms with Crippen LogP contribution in [0.5, 0.6) is 0 Å². The van der Waals surface area contributed by atoms with E-state index in [0.717, 1.165) is 5.56 Å². The summed E-state index contributed by atoms with van der Waals surface area (Å²) >= 11 is 1.17. The SMILES string of the molecule is CC(C)OOS/C=C\c1ccccc1. The fourth-order valence-electron chi connectivity index (χ4n) is 0.794. The smallest absolute Gasteiger partial charge is 0.0886 e. The molecule has 1 aromatic rings. The van der Waals surface area contributed by atoms with Crippen molar-refractivity contribution in [2.75, 3.05) is 0 Å². The molecule has 0 saturated carbocycles. The Morgan fingerprint density at radius 3 is 2.57 bits per heavy atom.